The van der Waals surface area contributed by atoms with Gasteiger partial charge < -0.3 is 55.1 Å². The third-order valence-corrected chi connectivity index (χ3v) is 11.6. The fourth-order valence-electron chi connectivity index (χ4n) is 7.07. The van der Waals surface area contributed by atoms with Crippen LogP contribution in [0.25, 0.3) is 22.6 Å². The molecule has 4 aromatic rings. The van der Waals surface area contributed by atoms with Gasteiger partial charge in [-0.2, -0.15) is 10.5 Å². The zero-order chi connectivity index (χ0) is 57.0. The van der Waals surface area contributed by atoms with E-state index in [4.69, 9.17) is 45.4 Å². The van der Waals surface area contributed by atoms with Crippen molar-refractivity contribution in [2.45, 2.75) is 135 Å². The maximum absolute atomic E-state index is 13.9. The molecule has 4 rings (SSSR count). The van der Waals surface area contributed by atoms with E-state index >= 15 is 0 Å². The van der Waals surface area contributed by atoms with Crippen molar-refractivity contribution in [3.05, 3.63) is 76.6 Å². The molecule has 77 heavy (non-hydrogen) atoms. The number of hydrogen-bond donors (Lipinski definition) is 5. The molecule has 0 aliphatic carbocycles. The monoisotopic (exact) mass is 1100 g/mol. The Labute approximate surface area is 458 Å². The lowest BCUT2D eigenvalue weighted by molar-refractivity contribution is -0.164. The topological polar surface area (TPSA) is 309 Å². The van der Waals surface area contributed by atoms with E-state index in [2.05, 4.69) is 43.4 Å². The average Bonchev–Trinajstić information content (AvgIpc) is 3.81. The van der Waals surface area contributed by atoms with Gasteiger partial charge in [0.05, 0.1) is 11.3 Å². The Morgan fingerprint density at radius 3 is 1.75 bits per heavy atom. The first-order valence-corrected chi connectivity index (χ1v) is 26.2. The first kappa shape index (κ1) is 62.0. The number of carbonyl (C=O) groups excluding carboxylic acids is 6. The number of nitrogens with two attached hydrogens (primary N) is 1. The Hall–Kier alpha value is -7.56. The minimum atomic E-state index is -1.28. The quantitative estimate of drug-likeness (QED) is 0.0236. The summed E-state index contributed by atoms with van der Waals surface area (Å²) in [4.78, 5) is 86.9. The van der Waals surface area contributed by atoms with E-state index in [-0.39, 0.29) is 96.3 Å². The van der Waals surface area contributed by atoms with Crippen LogP contribution in [0, 0.1) is 34.5 Å². The SMILES string of the molecule is CC(C)CC(NC(=O)CCNC(=O)OC(C)(C)C)C(=O)O[C@H](COC(=O)[C@H](CC(C)C)NC(=O)CCNC(=O)OC(C)(C)C)COc1ccc(-c2c(C#N)c(N)nc(SCc3coc(-c4ccc(Cl)cc4)n3)c2C#N)cc1. The van der Waals surface area contributed by atoms with Crippen LogP contribution >= 0.6 is 23.4 Å². The number of nitrogens with one attached hydrogen (secondary N) is 4. The summed E-state index contributed by atoms with van der Waals surface area (Å²) in [7, 11) is 0. The maximum atomic E-state index is 13.9. The van der Waals surface area contributed by atoms with E-state index in [0.717, 1.165) is 5.56 Å². The summed E-state index contributed by atoms with van der Waals surface area (Å²) in [6.07, 6.45) is -1.22. The second-order valence-electron chi connectivity index (χ2n) is 20.5. The molecule has 2 heterocycles. The second-order valence-corrected chi connectivity index (χ2v) is 21.9. The van der Waals surface area contributed by atoms with Gasteiger partial charge in [0.15, 0.2) is 6.10 Å². The predicted molar refractivity (Wildman–Crippen MR) is 287 cm³/mol. The van der Waals surface area contributed by atoms with Crippen molar-refractivity contribution in [2.24, 2.45) is 11.8 Å². The highest BCUT2D eigenvalue weighted by atomic mass is 35.5. The van der Waals surface area contributed by atoms with Gasteiger partial charge in [-0.3, -0.25) is 9.59 Å². The van der Waals surface area contributed by atoms with Crippen LogP contribution in [0.1, 0.15) is 112 Å². The lowest BCUT2D eigenvalue weighted by Gasteiger charge is -2.25. The summed E-state index contributed by atoms with van der Waals surface area (Å²) >= 11 is 7.21. The van der Waals surface area contributed by atoms with Crippen LogP contribution in [0.2, 0.25) is 5.02 Å². The van der Waals surface area contributed by atoms with Crippen LogP contribution in [0.5, 0.6) is 5.75 Å². The zero-order valence-corrected chi connectivity index (χ0v) is 46.6. The molecule has 23 heteroatoms. The van der Waals surface area contributed by atoms with Crippen molar-refractivity contribution in [1.82, 2.24) is 31.2 Å². The largest absolute Gasteiger partial charge is 0.490 e. The summed E-state index contributed by atoms with van der Waals surface area (Å²) in [6, 6.07) is 15.3. The van der Waals surface area contributed by atoms with Gasteiger partial charge >= 0.3 is 24.1 Å². The van der Waals surface area contributed by atoms with Crippen LogP contribution < -0.4 is 31.7 Å². The van der Waals surface area contributed by atoms with Gasteiger partial charge in [-0.15, -0.1) is 0 Å². The molecule has 0 saturated heterocycles. The predicted octanol–water partition coefficient (Wildman–Crippen LogP) is 8.40. The van der Waals surface area contributed by atoms with Crippen molar-refractivity contribution in [1.29, 1.82) is 10.5 Å². The Morgan fingerprint density at radius 2 is 1.25 bits per heavy atom. The van der Waals surface area contributed by atoms with Gasteiger partial charge in [0, 0.05) is 47.8 Å². The number of nitriles is 2. The fraction of sp³-hybridized carbons (Fsp3) is 0.481. The molecule has 21 nitrogen and oxygen atoms in total. The number of anilines is 1. The van der Waals surface area contributed by atoms with Crippen molar-refractivity contribution in [3.8, 4) is 40.5 Å². The number of amides is 4. The number of nitrogens with zero attached hydrogens (tertiary/aromatic N) is 4. The second kappa shape index (κ2) is 29.1. The highest BCUT2D eigenvalue weighted by Gasteiger charge is 2.30. The van der Waals surface area contributed by atoms with E-state index in [0.29, 0.717) is 22.2 Å². The van der Waals surface area contributed by atoms with E-state index in [1.165, 1.54) is 18.0 Å². The fourth-order valence-corrected chi connectivity index (χ4v) is 8.06. The number of pyridine rings is 1. The average molecular weight is 1100 g/mol. The number of thioether (sulfide) groups is 1. The van der Waals surface area contributed by atoms with Crippen LogP contribution in [0.15, 0.2) is 64.2 Å². The summed E-state index contributed by atoms with van der Waals surface area (Å²) in [5, 5.41) is 31.8. The Balaban J connectivity index is 1.54. The maximum Gasteiger partial charge on any atom is 0.407 e. The first-order chi connectivity index (χ1) is 36.2. The zero-order valence-electron chi connectivity index (χ0n) is 45.0. The number of rotatable bonds is 25. The molecular formula is C54H68ClN9O12S. The highest BCUT2D eigenvalue weighted by molar-refractivity contribution is 7.98. The summed E-state index contributed by atoms with van der Waals surface area (Å²) in [5.74, 6) is -2.21. The number of oxazole rings is 1. The molecule has 0 bridgehead atoms. The number of benzene rings is 2. The van der Waals surface area contributed by atoms with Crippen molar-refractivity contribution in [2.75, 3.05) is 32.0 Å². The Kier molecular flexibility index (Phi) is 23.4. The molecule has 0 fully saturated rings. The number of aromatic nitrogens is 2. The third kappa shape index (κ3) is 21.5. The van der Waals surface area contributed by atoms with E-state index in [1.807, 2.05) is 27.7 Å². The van der Waals surface area contributed by atoms with Crippen molar-refractivity contribution >= 4 is 65.1 Å². The van der Waals surface area contributed by atoms with E-state index in [1.54, 1.807) is 90.1 Å². The molecule has 0 radical (unpaired) electrons. The molecule has 3 atom stereocenters. The van der Waals surface area contributed by atoms with E-state index in [9.17, 15) is 39.3 Å². The smallest absolute Gasteiger partial charge is 0.407 e. The van der Waals surface area contributed by atoms with Gasteiger partial charge in [-0.25, -0.2) is 29.1 Å². The van der Waals surface area contributed by atoms with Crippen LogP contribution in [-0.2, 0) is 43.9 Å². The van der Waals surface area contributed by atoms with Gasteiger partial charge in [0.25, 0.3) is 0 Å². The number of alkyl carbamates (subject to hydrolysis) is 2. The lowest BCUT2D eigenvalue weighted by atomic mass is 9.97. The summed E-state index contributed by atoms with van der Waals surface area (Å²) < 4.78 is 33.8. The number of ether oxygens (including phenoxy) is 5. The van der Waals surface area contributed by atoms with Gasteiger partial charge in [-0.05, 0) is 108 Å². The number of halogens is 1. The van der Waals surface area contributed by atoms with Crippen molar-refractivity contribution < 1.29 is 56.9 Å². The molecule has 414 valence electrons. The molecule has 4 amide bonds. The third-order valence-electron chi connectivity index (χ3n) is 10.4. The molecule has 1 unspecified atom stereocenters. The van der Waals surface area contributed by atoms with Gasteiger partial charge in [0.1, 0.15) is 77.1 Å². The van der Waals surface area contributed by atoms with Crippen molar-refractivity contribution in [3.63, 3.8) is 0 Å². The number of esters is 2. The lowest BCUT2D eigenvalue weighted by Crippen LogP contribution is -2.47. The Morgan fingerprint density at radius 1 is 0.727 bits per heavy atom. The molecule has 6 N–H and O–H groups in total. The number of hydrogen-bond acceptors (Lipinski definition) is 18. The van der Waals surface area contributed by atoms with Crippen LogP contribution in [-0.4, -0.2) is 102 Å². The molecule has 0 aliphatic rings. The van der Waals surface area contributed by atoms with Gasteiger partial charge in [-0.1, -0.05) is 63.2 Å². The minimum absolute atomic E-state index is 0.0217. The molecular weight excluding hydrogens is 1030 g/mol. The molecule has 0 aliphatic heterocycles. The summed E-state index contributed by atoms with van der Waals surface area (Å²) in [6.45, 7) is 16.5. The minimum Gasteiger partial charge on any atom is -0.490 e. The molecule has 2 aromatic heterocycles. The van der Waals surface area contributed by atoms with E-state index < -0.39 is 71.9 Å². The standard InChI is InChI=1S/C54H68ClN9O12S/c1-31(2)23-41(62-43(65)19-21-59-51(69)75-53(5,6)7)49(67)73-29-38(74-50(68)42(24-32(3)4)63-44(66)20-22-60-52(70)76-54(8,9)10)28-71-37-17-13-33(14-18-37)45-39(25-56)46(58)64-48(40(45)26-57)77-30-36-27-72-47(61-36)34-11-15-35(55)16-12-34/h11-18,27,31-32,38,41-42H,19-24,28-30H2,1-10H3,(H2,58,64)(H,59,69)(H,60,70)(H,62,65)(H,63,66)/t38-,41-,42?/m0/s1. The van der Waals surface area contributed by atoms with Crippen LogP contribution in [0.4, 0.5) is 15.4 Å². The van der Waals surface area contributed by atoms with Gasteiger partial charge in [0.2, 0.25) is 17.7 Å². The van der Waals surface area contributed by atoms with Crippen LogP contribution in [0.3, 0.4) is 0 Å². The Bertz CT molecular complexity index is 2760. The highest BCUT2D eigenvalue weighted by Crippen LogP contribution is 2.37. The normalized spacial score (nSPS) is 12.5. The molecule has 0 spiro atoms. The number of nitrogen functional groups attached to an aromatic ring is 1. The first-order valence-electron chi connectivity index (χ1n) is 24.8. The molecule has 0 saturated carbocycles. The number of carbonyl (C=O) groups is 6. The summed E-state index contributed by atoms with van der Waals surface area (Å²) in [5.41, 5.74) is 6.82. The molecule has 2 aromatic carbocycles.